The molecule has 3 aromatic heterocycles. The van der Waals surface area contributed by atoms with Gasteiger partial charge in [0.25, 0.3) is 0 Å². The van der Waals surface area contributed by atoms with Gasteiger partial charge in [0, 0.05) is 53.0 Å². The molecule has 12 rings (SSSR count). The molecule has 0 unspecified atom stereocenters. The molecule has 9 aromatic carbocycles. The van der Waals surface area contributed by atoms with E-state index in [1.807, 2.05) is 17.4 Å². The Bertz CT molecular complexity index is 3560. The third-order valence-corrected chi connectivity index (χ3v) is 12.7. The first kappa shape index (κ1) is 32.8. The molecule has 0 saturated carbocycles. The van der Waals surface area contributed by atoms with E-state index in [4.69, 9.17) is 9.97 Å². The van der Waals surface area contributed by atoms with Crippen molar-refractivity contribution in [1.82, 2.24) is 14.5 Å². The summed E-state index contributed by atoms with van der Waals surface area (Å²) in [6.07, 6.45) is 0. The van der Waals surface area contributed by atoms with Gasteiger partial charge in [-0.2, -0.15) is 0 Å². The molecule has 12 aromatic rings. The Morgan fingerprint density at radius 1 is 0.362 bits per heavy atom. The molecule has 0 spiro atoms. The Hall–Kier alpha value is -7.40. The summed E-state index contributed by atoms with van der Waals surface area (Å²) in [6.45, 7) is 0. The number of benzene rings is 9. The van der Waals surface area contributed by atoms with Crippen LogP contribution in [0.3, 0.4) is 0 Å². The highest BCUT2D eigenvalue weighted by Crippen LogP contribution is 2.43. The van der Waals surface area contributed by atoms with Crippen molar-refractivity contribution in [1.29, 1.82) is 0 Å². The number of thiophene rings is 1. The number of nitrogens with zero attached hydrogens (tertiary/aromatic N) is 3. The fourth-order valence-electron chi connectivity index (χ4n) is 8.79. The van der Waals surface area contributed by atoms with Crippen LogP contribution in [0.2, 0.25) is 0 Å². The van der Waals surface area contributed by atoms with Gasteiger partial charge in [-0.05, 0) is 63.7 Å². The lowest BCUT2D eigenvalue weighted by molar-refractivity contribution is 1.18. The van der Waals surface area contributed by atoms with Gasteiger partial charge in [-0.15, -0.1) is 11.3 Å². The first-order valence-corrected chi connectivity index (χ1v) is 20.5. The van der Waals surface area contributed by atoms with Crippen molar-refractivity contribution in [2.75, 3.05) is 0 Å². The summed E-state index contributed by atoms with van der Waals surface area (Å²) < 4.78 is 4.98. The molecule has 0 fully saturated rings. The van der Waals surface area contributed by atoms with E-state index in [2.05, 4.69) is 199 Å². The van der Waals surface area contributed by atoms with Crippen LogP contribution in [0, 0.1) is 0 Å². The number of para-hydroxylation sites is 1. The molecular weight excluding hydrogens is 723 g/mol. The Morgan fingerprint density at radius 2 is 1.02 bits per heavy atom. The Labute approximate surface area is 338 Å². The van der Waals surface area contributed by atoms with Crippen LogP contribution in [0.1, 0.15) is 0 Å². The number of hydrogen-bond acceptors (Lipinski definition) is 3. The summed E-state index contributed by atoms with van der Waals surface area (Å²) in [5.41, 5.74) is 10.9. The van der Waals surface area contributed by atoms with E-state index < -0.39 is 0 Å². The summed E-state index contributed by atoms with van der Waals surface area (Å²) in [5.74, 6) is 0.707. The summed E-state index contributed by atoms with van der Waals surface area (Å²) in [7, 11) is 0. The first-order chi connectivity index (χ1) is 28.7. The van der Waals surface area contributed by atoms with E-state index >= 15 is 0 Å². The standard InChI is InChI=1S/C54H33N3S/c1-2-13-37(14-3-1)46-33-47(56-54(55-46)38-24-21-35(22-25-38)40-26-23-34-11-4-5-15-39(34)31-40)41-28-30-45-51(32-41)58-50-20-10-19-49(52(45)50)57-48-18-9-8-17-43(48)44-29-27-36-12-6-7-16-42(36)53(44)57/h1-33H. The zero-order chi connectivity index (χ0) is 38.2. The van der Waals surface area contributed by atoms with Crippen LogP contribution in [0.4, 0.5) is 0 Å². The highest BCUT2D eigenvalue weighted by Gasteiger charge is 2.19. The second-order valence-electron chi connectivity index (χ2n) is 15.0. The van der Waals surface area contributed by atoms with Gasteiger partial charge in [0.1, 0.15) is 0 Å². The molecule has 3 nitrogen and oxygen atoms in total. The van der Waals surface area contributed by atoms with Gasteiger partial charge < -0.3 is 4.57 Å². The van der Waals surface area contributed by atoms with E-state index in [0.717, 1.165) is 33.6 Å². The molecule has 3 heterocycles. The van der Waals surface area contributed by atoms with Crippen LogP contribution in [0.25, 0.3) is 114 Å². The van der Waals surface area contributed by atoms with E-state index in [9.17, 15) is 0 Å². The van der Waals surface area contributed by atoms with E-state index in [-0.39, 0.29) is 0 Å². The van der Waals surface area contributed by atoms with Crippen molar-refractivity contribution in [2.24, 2.45) is 0 Å². The van der Waals surface area contributed by atoms with Gasteiger partial charge in [-0.3, -0.25) is 0 Å². The van der Waals surface area contributed by atoms with Crippen LogP contribution in [-0.4, -0.2) is 14.5 Å². The smallest absolute Gasteiger partial charge is 0.160 e. The predicted octanol–water partition coefficient (Wildman–Crippen LogP) is 14.9. The lowest BCUT2D eigenvalue weighted by Crippen LogP contribution is -1.96. The predicted molar refractivity (Wildman–Crippen MR) is 246 cm³/mol. The summed E-state index contributed by atoms with van der Waals surface area (Å²) in [4.78, 5) is 10.4. The summed E-state index contributed by atoms with van der Waals surface area (Å²) in [6, 6.07) is 72.0. The molecule has 4 heteroatoms. The van der Waals surface area contributed by atoms with Crippen LogP contribution in [0.5, 0.6) is 0 Å². The highest BCUT2D eigenvalue weighted by atomic mass is 32.1. The molecule has 0 aliphatic heterocycles. The molecular formula is C54H33N3S. The van der Waals surface area contributed by atoms with Crippen molar-refractivity contribution in [3.05, 3.63) is 200 Å². The molecule has 270 valence electrons. The van der Waals surface area contributed by atoms with E-state index in [1.54, 1.807) is 0 Å². The molecule has 0 aliphatic carbocycles. The highest BCUT2D eigenvalue weighted by molar-refractivity contribution is 7.26. The molecule has 0 aliphatic rings. The SMILES string of the molecule is c1ccc(-c2cc(-c3ccc4c(c3)sc3cccc(-n5c6ccccc6c6ccc7ccccc7c65)c34)nc(-c3ccc(-c4ccc5ccccc5c4)cc3)n2)cc1. The van der Waals surface area contributed by atoms with Gasteiger partial charge in [0.15, 0.2) is 5.82 Å². The average molecular weight is 756 g/mol. The summed E-state index contributed by atoms with van der Waals surface area (Å²) in [5, 5.41) is 10.0. The minimum atomic E-state index is 0.707. The first-order valence-electron chi connectivity index (χ1n) is 19.6. The Morgan fingerprint density at radius 3 is 1.88 bits per heavy atom. The lowest BCUT2D eigenvalue weighted by Gasteiger charge is -2.12. The van der Waals surface area contributed by atoms with Gasteiger partial charge in [0.05, 0.1) is 28.1 Å². The van der Waals surface area contributed by atoms with Crippen LogP contribution in [0.15, 0.2) is 200 Å². The normalized spacial score (nSPS) is 11.8. The quantitative estimate of drug-likeness (QED) is 0.175. The van der Waals surface area contributed by atoms with Crippen LogP contribution >= 0.6 is 11.3 Å². The largest absolute Gasteiger partial charge is 0.308 e. The maximum atomic E-state index is 5.25. The number of fused-ring (bicyclic) bond motifs is 9. The minimum absolute atomic E-state index is 0.707. The molecule has 0 saturated heterocycles. The van der Waals surface area contributed by atoms with Crippen LogP contribution in [-0.2, 0) is 0 Å². The minimum Gasteiger partial charge on any atom is -0.308 e. The summed E-state index contributed by atoms with van der Waals surface area (Å²) >= 11 is 1.84. The second-order valence-corrected chi connectivity index (χ2v) is 16.0. The van der Waals surface area contributed by atoms with E-state index in [0.29, 0.717) is 5.82 Å². The maximum absolute atomic E-state index is 5.25. The third-order valence-electron chi connectivity index (χ3n) is 11.6. The van der Waals surface area contributed by atoms with Crippen LogP contribution < -0.4 is 0 Å². The molecule has 58 heavy (non-hydrogen) atoms. The zero-order valence-electron chi connectivity index (χ0n) is 31.3. The fourth-order valence-corrected chi connectivity index (χ4v) is 9.96. The zero-order valence-corrected chi connectivity index (χ0v) is 32.1. The Balaban J connectivity index is 1.00. The number of hydrogen-bond donors (Lipinski definition) is 0. The number of rotatable bonds is 5. The molecule has 0 atom stereocenters. The van der Waals surface area contributed by atoms with Gasteiger partial charge in [0.2, 0.25) is 0 Å². The molecule has 0 N–H and O–H groups in total. The molecule has 0 bridgehead atoms. The average Bonchev–Trinajstić information content (AvgIpc) is 3.85. The van der Waals surface area contributed by atoms with Gasteiger partial charge >= 0.3 is 0 Å². The van der Waals surface area contributed by atoms with Gasteiger partial charge in [-0.1, -0.05) is 164 Å². The van der Waals surface area contributed by atoms with Gasteiger partial charge in [-0.25, -0.2) is 9.97 Å². The third kappa shape index (κ3) is 5.27. The Kier molecular flexibility index (Phi) is 7.40. The second kappa shape index (κ2) is 13.1. The topological polar surface area (TPSA) is 30.7 Å². The van der Waals surface area contributed by atoms with Crippen molar-refractivity contribution in [3.8, 4) is 50.7 Å². The van der Waals surface area contributed by atoms with E-state index in [1.165, 1.54) is 74.8 Å². The lowest BCUT2D eigenvalue weighted by atomic mass is 10.00. The number of aromatic nitrogens is 3. The van der Waals surface area contributed by atoms with Crippen molar-refractivity contribution in [2.45, 2.75) is 0 Å². The maximum Gasteiger partial charge on any atom is 0.160 e. The fraction of sp³-hybridized carbons (Fsp3) is 0. The molecule has 0 radical (unpaired) electrons. The van der Waals surface area contributed by atoms with Crippen molar-refractivity contribution in [3.63, 3.8) is 0 Å². The van der Waals surface area contributed by atoms with Crippen molar-refractivity contribution < 1.29 is 0 Å². The monoisotopic (exact) mass is 755 g/mol. The van der Waals surface area contributed by atoms with Crippen molar-refractivity contribution >= 4 is 74.9 Å². The molecule has 0 amide bonds.